The zero-order chi connectivity index (χ0) is 9.42. The van der Waals surface area contributed by atoms with Gasteiger partial charge in [0.15, 0.2) is 11.6 Å². The molecule has 70 valence electrons. The molecule has 0 N–H and O–H groups in total. The molecule has 2 heteroatoms. The van der Waals surface area contributed by atoms with Crippen molar-refractivity contribution in [3.63, 3.8) is 0 Å². The van der Waals surface area contributed by atoms with E-state index in [1.807, 2.05) is 6.08 Å². The number of Topliss-reactive ketones (excluding diaryl/α,β-unsaturated/α-hetero) is 2. The van der Waals surface area contributed by atoms with E-state index < -0.39 is 0 Å². The van der Waals surface area contributed by atoms with E-state index in [0.29, 0.717) is 6.42 Å². The Morgan fingerprint density at radius 2 is 2.08 bits per heavy atom. The summed E-state index contributed by atoms with van der Waals surface area (Å²) in [6.07, 6.45) is 4.93. The molecule has 2 aliphatic carbocycles. The molecule has 0 aliphatic heterocycles. The molecule has 0 spiro atoms. The second kappa shape index (κ2) is 2.95. The minimum atomic E-state index is 0. The Balaban J connectivity index is 0.000000980. The third-order valence-corrected chi connectivity index (χ3v) is 2.79. The molecule has 0 atom stereocenters. The first-order valence-electron chi connectivity index (χ1n) is 4.65. The van der Waals surface area contributed by atoms with E-state index in [1.165, 1.54) is 0 Å². The fourth-order valence-electron chi connectivity index (χ4n) is 2.01. The van der Waals surface area contributed by atoms with Gasteiger partial charge in [0.2, 0.25) is 0 Å². The molecule has 2 rings (SSSR count). The Labute approximate surface area is 78.8 Å². The summed E-state index contributed by atoms with van der Waals surface area (Å²) in [4.78, 5) is 22.4. The molecule has 0 saturated heterocycles. The summed E-state index contributed by atoms with van der Waals surface area (Å²) in [6.45, 7) is 1.59. The first-order chi connectivity index (χ1) is 6.18. The lowest BCUT2D eigenvalue weighted by Gasteiger charge is -2.11. The van der Waals surface area contributed by atoms with Crippen LogP contribution in [0.3, 0.4) is 0 Å². The number of hydrogen-bond acceptors (Lipinski definition) is 2. The second-order valence-electron chi connectivity index (χ2n) is 3.65. The summed E-state index contributed by atoms with van der Waals surface area (Å²) in [5.74, 6) is 0.430. The molecule has 0 aromatic rings. The number of rotatable bonds is 1. The zero-order valence-corrected chi connectivity index (χ0v) is 7.72. The molecule has 13 heavy (non-hydrogen) atoms. The minimum Gasteiger partial charge on any atom is -0.295 e. The summed E-state index contributed by atoms with van der Waals surface area (Å²) in [5.41, 5.74) is 2.97. The van der Waals surface area contributed by atoms with Crippen LogP contribution in [-0.2, 0) is 9.59 Å². The van der Waals surface area contributed by atoms with Crippen LogP contribution >= 0.6 is 0 Å². The highest BCUT2D eigenvalue weighted by molar-refractivity contribution is 6.02. The highest BCUT2D eigenvalue weighted by Gasteiger charge is 2.25. The van der Waals surface area contributed by atoms with Crippen molar-refractivity contribution < 1.29 is 11.0 Å². The van der Waals surface area contributed by atoms with Crippen molar-refractivity contribution in [3.8, 4) is 0 Å². The maximum absolute atomic E-state index is 11.3. The van der Waals surface area contributed by atoms with Gasteiger partial charge in [0.25, 0.3) is 0 Å². The number of carbonyl (C=O) groups is 2. The van der Waals surface area contributed by atoms with E-state index in [1.54, 1.807) is 6.92 Å². The van der Waals surface area contributed by atoms with Gasteiger partial charge in [-0.3, -0.25) is 9.59 Å². The van der Waals surface area contributed by atoms with Crippen molar-refractivity contribution in [1.82, 2.24) is 0 Å². The molecule has 0 aromatic carbocycles. The smallest absolute Gasteiger partial charge is 0.159 e. The van der Waals surface area contributed by atoms with E-state index in [-0.39, 0.29) is 13.0 Å². The minimum absolute atomic E-state index is 0. The topological polar surface area (TPSA) is 34.1 Å². The first kappa shape index (κ1) is 8.42. The van der Waals surface area contributed by atoms with E-state index in [4.69, 9.17) is 0 Å². The SMILES string of the molecule is CC(=O)C1=CC2=C(CC1)C(=O)CC2.[HH]. The quantitative estimate of drug-likeness (QED) is 0.616. The van der Waals surface area contributed by atoms with E-state index in [9.17, 15) is 9.59 Å². The Hall–Kier alpha value is -1.18. The monoisotopic (exact) mass is 178 g/mol. The van der Waals surface area contributed by atoms with Crippen molar-refractivity contribution in [2.75, 3.05) is 0 Å². The van der Waals surface area contributed by atoms with Crippen LogP contribution in [-0.4, -0.2) is 11.6 Å². The standard InChI is InChI=1S/C11H12O2.H2/c1-7(12)8-2-4-10-9(6-8)3-5-11(10)13;/h6H,2-5H2,1H3;1H. The third-order valence-electron chi connectivity index (χ3n) is 2.79. The molecule has 0 aromatic heterocycles. The maximum Gasteiger partial charge on any atom is 0.159 e. The Morgan fingerprint density at radius 3 is 2.77 bits per heavy atom. The molecule has 0 saturated carbocycles. The Bertz CT molecular complexity index is 350. The molecule has 0 bridgehead atoms. The van der Waals surface area contributed by atoms with E-state index in [2.05, 4.69) is 0 Å². The van der Waals surface area contributed by atoms with Crippen molar-refractivity contribution in [3.05, 3.63) is 22.8 Å². The summed E-state index contributed by atoms with van der Waals surface area (Å²) in [7, 11) is 0. The number of carbonyl (C=O) groups excluding carboxylic acids is 2. The average molecular weight is 178 g/mol. The van der Waals surface area contributed by atoms with E-state index in [0.717, 1.165) is 36.0 Å². The molecule has 0 amide bonds. The molecule has 0 unspecified atom stereocenters. The Morgan fingerprint density at radius 1 is 1.31 bits per heavy atom. The lowest BCUT2D eigenvalue weighted by atomic mass is 9.92. The molecule has 2 aliphatic rings. The molecule has 0 radical (unpaired) electrons. The number of ketones is 2. The largest absolute Gasteiger partial charge is 0.295 e. The van der Waals surface area contributed by atoms with Crippen LogP contribution in [0, 0.1) is 0 Å². The Kier molecular flexibility index (Phi) is 1.91. The lowest BCUT2D eigenvalue weighted by Crippen LogP contribution is -2.05. The molecular formula is C11H14O2. The highest BCUT2D eigenvalue weighted by atomic mass is 16.1. The van der Waals surface area contributed by atoms with Crippen LogP contribution in [0.4, 0.5) is 0 Å². The first-order valence-corrected chi connectivity index (χ1v) is 4.65. The molecule has 0 fully saturated rings. The maximum atomic E-state index is 11.3. The molecule has 2 nitrogen and oxygen atoms in total. The van der Waals surface area contributed by atoms with Crippen molar-refractivity contribution in [2.45, 2.75) is 32.6 Å². The molecular weight excluding hydrogens is 164 g/mol. The predicted molar refractivity (Wildman–Crippen MR) is 51.4 cm³/mol. The van der Waals surface area contributed by atoms with Crippen LogP contribution in [0.25, 0.3) is 0 Å². The van der Waals surface area contributed by atoms with Gasteiger partial charge in [-0.2, -0.15) is 0 Å². The van der Waals surface area contributed by atoms with Crippen molar-refractivity contribution in [1.29, 1.82) is 0 Å². The van der Waals surface area contributed by atoms with Crippen LogP contribution in [0.2, 0.25) is 0 Å². The van der Waals surface area contributed by atoms with Gasteiger partial charge in [0, 0.05) is 7.85 Å². The van der Waals surface area contributed by atoms with E-state index >= 15 is 0 Å². The third kappa shape index (κ3) is 1.37. The van der Waals surface area contributed by atoms with Gasteiger partial charge in [-0.1, -0.05) is 6.08 Å². The number of hydrogen-bond donors (Lipinski definition) is 0. The second-order valence-corrected chi connectivity index (χ2v) is 3.65. The van der Waals surface area contributed by atoms with Gasteiger partial charge in [0.1, 0.15) is 0 Å². The van der Waals surface area contributed by atoms with Crippen molar-refractivity contribution in [2.24, 2.45) is 0 Å². The normalized spacial score (nSPS) is 21.6. The fraction of sp³-hybridized carbons (Fsp3) is 0.455. The fourth-order valence-corrected chi connectivity index (χ4v) is 2.01. The summed E-state index contributed by atoms with van der Waals surface area (Å²) in [6, 6.07) is 0. The molecule has 0 heterocycles. The summed E-state index contributed by atoms with van der Waals surface area (Å²) >= 11 is 0. The van der Waals surface area contributed by atoms with Gasteiger partial charge in [-0.25, -0.2) is 0 Å². The van der Waals surface area contributed by atoms with Gasteiger partial charge in [0.05, 0.1) is 0 Å². The lowest BCUT2D eigenvalue weighted by molar-refractivity contribution is -0.115. The average Bonchev–Trinajstić information content (AvgIpc) is 2.47. The van der Waals surface area contributed by atoms with Gasteiger partial charge in [-0.15, -0.1) is 0 Å². The van der Waals surface area contributed by atoms with Crippen LogP contribution in [0.15, 0.2) is 22.8 Å². The van der Waals surface area contributed by atoms with Crippen LogP contribution in [0.5, 0.6) is 0 Å². The van der Waals surface area contributed by atoms with Crippen molar-refractivity contribution >= 4 is 11.6 Å². The zero-order valence-electron chi connectivity index (χ0n) is 7.72. The van der Waals surface area contributed by atoms with Gasteiger partial charge in [-0.05, 0) is 42.9 Å². The number of allylic oxidation sites excluding steroid dienone is 4. The predicted octanol–water partition coefficient (Wildman–Crippen LogP) is 2.20. The summed E-state index contributed by atoms with van der Waals surface area (Å²) in [5, 5.41) is 0. The van der Waals surface area contributed by atoms with Crippen LogP contribution in [0.1, 0.15) is 34.0 Å². The van der Waals surface area contributed by atoms with Gasteiger partial charge < -0.3 is 0 Å². The van der Waals surface area contributed by atoms with Crippen LogP contribution < -0.4 is 0 Å². The summed E-state index contributed by atoms with van der Waals surface area (Å²) < 4.78 is 0. The highest BCUT2D eigenvalue weighted by Crippen LogP contribution is 2.33. The van der Waals surface area contributed by atoms with Gasteiger partial charge >= 0.3 is 0 Å².